The minimum absolute atomic E-state index is 0.00120. The molecule has 2 aliphatic rings. The van der Waals surface area contributed by atoms with Crippen molar-refractivity contribution >= 4 is 53.9 Å². The summed E-state index contributed by atoms with van der Waals surface area (Å²) in [7, 11) is 1.26. The number of phenols is 1. The van der Waals surface area contributed by atoms with Crippen molar-refractivity contribution in [3.63, 3.8) is 0 Å². The zero-order chi connectivity index (χ0) is 51.8. The molecular weight excluding hydrogens is 927 g/mol. The summed E-state index contributed by atoms with van der Waals surface area (Å²) in [5.74, 6) is 0.443. The number of aromatic nitrogens is 4. The van der Waals surface area contributed by atoms with Gasteiger partial charge in [-0.15, -0.1) is 0 Å². The zero-order valence-corrected chi connectivity index (χ0v) is 44.5. The van der Waals surface area contributed by atoms with Crippen molar-refractivity contribution < 1.29 is 46.8 Å². The molecule has 8 rings (SSSR count). The Labute approximate surface area is 416 Å². The van der Waals surface area contributed by atoms with Crippen LogP contribution in [0.2, 0.25) is 18.1 Å². The van der Waals surface area contributed by atoms with Crippen molar-refractivity contribution in [1.82, 2.24) is 19.1 Å². The average molecular weight is 997 g/mol. The number of piperidine rings is 2. The van der Waals surface area contributed by atoms with Crippen LogP contribution in [0, 0.1) is 11.9 Å². The Morgan fingerprint density at radius 2 is 1.07 bits per heavy atom. The molecule has 0 radical (unpaired) electrons. The third kappa shape index (κ3) is 12.2. The van der Waals surface area contributed by atoms with Crippen LogP contribution in [0.3, 0.4) is 0 Å². The molecule has 2 aliphatic heterocycles. The van der Waals surface area contributed by atoms with E-state index in [1.54, 1.807) is 77.5 Å². The third-order valence-corrected chi connectivity index (χ3v) is 17.5. The fourth-order valence-corrected chi connectivity index (χ4v) is 9.57. The number of ether oxygens (including phenoxy) is 4. The summed E-state index contributed by atoms with van der Waals surface area (Å²) < 4.78 is 62.4. The van der Waals surface area contributed by atoms with Gasteiger partial charge >= 0.3 is 12.2 Å². The third-order valence-electron chi connectivity index (χ3n) is 13.2. The molecule has 2 aromatic carbocycles. The summed E-state index contributed by atoms with van der Waals surface area (Å²) in [6.07, 6.45) is 2.79. The Balaban J connectivity index is 0.000000213. The first kappa shape index (κ1) is 52.8. The van der Waals surface area contributed by atoms with Crippen LogP contribution in [-0.4, -0.2) is 109 Å². The van der Waals surface area contributed by atoms with Gasteiger partial charge < -0.3 is 38.3 Å². The molecule has 2 fully saturated rings. The largest absolute Gasteiger partial charge is 0.543 e. The minimum atomic E-state index is -2.12. The second-order valence-corrected chi connectivity index (χ2v) is 26.6. The van der Waals surface area contributed by atoms with E-state index in [2.05, 4.69) is 43.8 Å². The van der Waals surface area contributed by atoms with Crippen molar-refractivity contribution in [3.05, 3.63) is 84.7 Å². The number of anilines is 2. The van der Waals surface area contributed by atoms with Crippen LogP contribution >= 0.6 is 0 Å². The van der Waals surface area contributed by atoms with Crippen LogP contribution in [0.4, 0.5) is 30.0 Å². The molecule has 6 heterocycles. The van der Waals surface area contributed by atoms with Gasteiger partial charge in [-0.2, -0.15) is 8.78 Å². The number of methoxy groups -OCH3 is 2. The smallest absolute Gasteiger partial charge is 0.419 e. The lowest BCUT2D eigenvalue weighted by Gasteiger charge is -2.36. The number of phenolic OH excluding ortho intramolecular Hbond substituents is 1. The van der Waals surface area contributed by atoms with Gasteiger partial charge in [0.2, 0.25) is 20.2 Å². The molecule has 0 amide bonds. The fraction of sp³-hybridized carbons (Fsp3) is 0.481. The second-order valence-electron chi connectivity index (χ2n) is 21.9. The summed E-state index contributed by atoms with van der Waals surface area (Å²) in [6, 6.07) is 20.7. The van der Waals surface area contributed by atoms with Crippen LogP contribution < -0.4 is 14.2 Å². The van der Waals surface area contributed by atoms with Crippen LogP contribution in [0.15, 0.2) is 72.8 Å². The highest BCUT2D eigenvalue weighted by Crippen LogP contribution is 2.40. The highest BCUT2D eigenvalue weighted by molar-refractivity contribution is 6.74. The van der Waals surface area contributed by atoms with E-state index < -0.39 is 43.6 Å². The first-order chi connectivity index (χ1) is 33.3. The molecule has 382 valence electrons. The lowest BCUT2D eigenvalue weighted by molar-refractivity contribution is 0.0535. The van der Waals surface area contributed by atoms with Crippen molar-refractivity contribution in [1.29, 1.82) is 0 Å². The molecule has 0 spiro atoms. The number of hydrogen-bond donors (Lipinski definition) is 1. The molecule has 0 aliphatic carbocycles. The average Bonchev–Trinajstić information content (AvgIpc) is 3.86. The van der Waals surface area contributed by atoms with E-state index in [-0.39, 0.29) is 34.1 Å². The first-order valence-corrected chi connectivity index (χ1v) is 27.2. The van der Waals surface area contributed by atoms with Gasteiger partial charge in [0.15, 0.2) is 0 Å². The first-order valence-electron chi connectivity index (χ1n) is 24.3. The van der Waals surface area contributed by atoms with Crippen LogP contribution in [0.5, 0.6) is 11.5 Å². The molecule has 0 unspecified atom stereocenters. The number of carbonyl (C=O) groups is 2. The van der Waals surface area contributed by atoms with Gasteiger partial charge in [0.1, 0.15) is 34.3 Å². The molecule has 1 N–H and O–H groups in total. The Hall–Kier alpha value is -6.04. The van der Waals surface area contributed by atoms with Crippen molar-refractivity contribution in [2.24, 2.45) is 0 Å². The second kappa shape index (κ2) is 20.6. The maximum absolute atomic E-state index is 15.7. The Kier molecular flexibility index (Phi) is 15.3. The van der Waals surface area contributed by atoms with Crippen LogP contribution in [-0.2, 0) is 18.9 Å². The summed E-state index contributed by atoms with van der Waals surface area (Å²) in [4.78, 5) is 39.1. The summed E-state index contributed by atoms with van der Waals surface area (Å²) in [5, 5.41) is 11.4. The van der Waals surface area contributed by atoms with Crippen molar-refractivity contribution in [2.45, 2.75) is 130 Å². The number of aromatic hydroxyl groups is 1. The van der Waals surface area contributed by atoms with Gasteiger partial charge in [0.25, 0.3) is 0 Å². The maximum atomic E-state index is 15.7. The molecule has 17 heteroatoms. The topological polar surface area (TPSA) is 143 Å². The lowest BCUT2D eigenvalue weighted by atomic mass is 10.1. The number of pyridine rings is 2. The number of halogens is 2. The van der Waals surface area contributed by atoms with Gasteiger partial charge in [0, 0.05) is 63.3 Å². The SMILES string of the molecule is CO[C@H]1CCCN(c2ccc(-c3cc4ccc(O)cc4n3C(=O)OC(C)(C)C)c(F)n2)C1.CO[C@H]1CCCN(c2ccc(-c3cc4ccc(O[Si](C)(C)C(C)(C)C)cc4n3C(=O)OC(C)(C)C)c(F)n2)C1. The highest BCUT2D eigenvalue weighted by Gasteiger charge is 2.39. The quantitative estimate of drug-likeness (QED) is 0.115. The summed E-state index contributed by atoms with van der Waals surface area (Å²) in [5.41, 5.74) is 0.651. The fourth-order valence-electron chi connectivity index (χ4n) is 8.55. The van der Waals surface area contributed by atoms with E-state index in [1.807, 2.05) is 48.8 Å². The normalized spacial score (nSPS) is 17.0. The maximum Gasteiger partial charge on any atom is 0.419 e. The van der Waals surface area contributed by atoms with E-state index in [0.29, 0.717) is 58.3 Å². The van der Waals surface area contributed by atoms with E-state index in [4.69, 9.17) is 23.4 Å². The summed E-state index contributed by atoms with van der Waals surface area (Å²) >= 11 is 0. The Bertz CT molecular complexity index is 2900. The highest BCUT2D eigenvalue weighted by atomic mass is 28.4. The van der Waals surface area contributed by atoms with E-state index >= 15 is 8.78 Å². The number of rotatable bonds is 8. The van der Waals surface area contributed by atoms with Gasteiger partial charge in [0.05, 0.1) is 45.8 Å². The van der Waals surface area contributed by atoms with E-state index in [0.717, 1.165) is 44.2 Å². The predicted molar refractivity (Wildman–Crippen MR) is 277 cm³/mol. The number of carbonyl (C=O) groups excluding carboxylic acids is 2. The van der Waals surface area contributed by atoms with E-state index in [1.165, 1.54) is 21.3 Å². The van der Waals surface area contributed by atoms with Gasteiger partial charge in [-0.05, 0) is 146 Å². The zero-order valence-electron chi connectivity index (χ0n) is 43.5. The molecule has 14 nitrogen and oxygen atoms in total. The Morgan fingerprint density at radius 3 is 1.48 bits per heavy atom. The van der Waals surface area contributed by atoms with Gasteiger partial charge in [-0.1, -0.05) is 20.8 Å². The standard InChI is InChI=1S/C30H42FN3O4Si.C24H28FN3O4/c1-29(2,3)37-28(35)34-24-18-21(38-39(8,9)30(4,5)6)13-12-20(24)17-25(34)23-14-15-26(32-27(23)31)33-16-10-11-22(19-33)36-7;1-24(2,3)32-23(30)28-19-13-16(29)8-7-15(19)12-20(28)18-9-10-21(26-22(18)25)27-11-5-6-17(14-27)31-4/h12-15,17-18,22H,10-11,16,19H2,1-9H3;7-10,12-13,17,29H,5-6,11,14H2,1-4H3/t22-;17-/m00/s1. The molecule has 6 aromatic rings. The predicted octanol–water partition coefficient (Wildman–Crippen LogP) is 12.6. The van der Waals surface area contributed by atoms with Gasteiger partial charge in [-0.3, -0.25) is 0 Å². The molecule has 0 bridgehead atoms. The lowest BCUT2D eigenvalue weighted by Crippen LogP contribution is -2.43. The van der Waals surface area contributed by atoms with Crippen LogP contribution in [0.25, 0.3) is 44.3 Å². The number of fused-ring (bicyclic) bond motifs is 2. The number of nitrogens with zero attached hydrogens (tertiary/aromatic N) is 6. The Morgan fingerprint density at radius 1 is 0.634 bits per heavy atom. The summed E-state index contributed by atoms with van der Waals surface area (Å²) in [6.45, 7) is 24.5. The number of hydrogen-bond acceptors (Lipinski definition) is 12. The van der Waals surface area contributed by atoms with Gasteiger partial charge in [-0.25, -0.2) is 28.7 Å². The van der Waals surface area contributed by atoms with Crippen molar-refractivity contribution in [3.8, 4) is 34.0 Å². The van der Waals surface area contributed by atoms with Crippen LogP contribution in [0.1, 0.15) is 88.0 Å². The molecule has 71 heavy (non-hydrogen) atoms. The molecule has 2 saturated heterocycles. The minimum Gasteiger partial charge on any atom is -0.543 e. The monoisotopic (exact) mass is 996 g/mol. The van der Waals surface area contributed by atoms with E-state index in [9.17, 15) is 14.7 Å². The van der Waals surface area contributed by atoms with Crippen molar-refractivity contribution in [2.75, 3.05) is 50.2 Å². The number of benzene rings is 2. The molecule has 2 atom stereocenters. The molecule has 4 aromatic heterocycles. The molecule has 0 saturated carbocycles. The molecular formula is C54H70F2N6O8Si.